The van der Waals surface area contributed by atoms with E-state index in [2.05, 4.69) is 16.0 Å². The third kappa shape index (κ3) is 10.8. The molecule has 2 aromatic rings. The number of amides is 5. The summed E-state index contributed by atoms with van der Waals surface area (Å²) in [7, 11) is 3.30. The van der Waals surface area contributed by atoms with Gasteiger partial charge < -0.3 is 45.1 Å². The van der Waals surface area contributed by atoms with Crippen LogP contribution in [0.3, 0.4) is 0 Å². The third-order valence-electron chi connectivity index (χ3n) is 7.87. The molecule has 0 spiro atoms. The number of rotatable bonds is 8. The van der Waals surface area contributed by atoms with Gasteiger partial charge in [0, 0.05) is 50.1 Å². The SMILES string of the molecule is COc1ccc(NC(=O)Nc2ccc3c(c2)C(=O)N([C@H](C)CO)C[C@@H](C)[C@@H](CN(C)C(=O)NC(C)C)OCCCC[C@H](C)O3)cc1. The smallest absolute Gasteiger partial charge is 0.323 e. The van der Waals surface area contributed by atoms with Crippen molar-refractivity contribution in [3.8, 4) is 11.5 Å². The van der Waals surface area contributed by atoms with Crippen LogP contribution in [0.15, 0.2) is 42.5 Å². The van der Waals surface area contributed by atoms with E-state index in [0.29, 0.717) is 36.0 Å². The Hall–Kier alpha value is -4.03. The molecule has 5 amide bonds. The highest BCUT2D eigenvalue weighted by Gasteiger charge is 2.31. The minimum absolute atomic E-state index is 0.00650. The fraction of sp³-hybridized carbons (Fsp3) is 0.559. The Morgan fingerprint density at radius 1 is 1.07 bits per heavy atom. The van der Waals surface area contributed by atoms with Gasteiger partial charge in [0.15, 0.2) is 0 Å². The van der Waals surface area contributed by atoms with Crippen LogP contribution in [0.5, 0.6) is 11.5 Å². The van der Waals surface area contributed by atoms with Gasteiger partial charge in [0.25, 0.3) is 5.91 Å². The molecule has 254 valence electrons. The molecule has 0 radical (unpaired) electrons. The lowest BCUT2D eigenvalue weighted by Gasteiger charge is -2.36. The van der Waals surface area contributed by atoms with Gasteiger partial charge in [-0.05, 0) is 89.4 Å². The molecular formula is C34H51N5O7. The molecule has 46 heavy (non-hydrogen) atoms. The Kier molecular flexibility index (Phi) is 13.9. The maximum atomic E-state index is 14.3. The summed E-state index contributed by atoms with van der Waals surface area (Å²) in [5, 5.41) is 18.7. The molecule has 12 heteroatoms. The molecule has 3 rings (SSSR count). The largest absolute Gasteiger partial charge is 0.497 e. The van der Waals surface area contributed by atoms with Crippen LogP contribution in [0, 0.1) is 5.92 Å². The first-order valence-corrected chi connectivity index (χ1v) is 16.0. The number of carbonyl (C=O) groups excluding carboxylic acids is 3. The monoisotopic (exact) mass is 641 g/mol. The van der Waals surface area contributed by atoms with Crippen LogP contribution in [0.4, 0.5) is 21.0 Å². The van der Waals surface area contributed by atoms with Crippen molar-refractivity contribution in [1.29, 1.82) is 0 Å². The highest BCUT2D eigenvalue weighted by molar-refractivity contribution is 6.02. The van der Waals surface area contributed by atoms with Gasteiger partial charge in [-0.1, -0.05) is 6.92 Å². The number of urea groups is 2. The van der Waals surface area contributed by atoms with Gasteiger partial charge in [-0.2, -0.15) is 0 Å². The number of fused-ring (bicyclic) bond motifs is 1. The minimum atomic E-state index is -0.522. The Balaban J connectivity index is 1.90. The summed E-state index contributed by atoms with van der Waals surface area (Å²) < 4.78 is 17.8. The molecule has 0 saturated heterocycles. The van der Waals surface area contributed by atoms with E-state index in [1.54, 1.807) is 73.3 Å². The lowest BCUT2D eigenvalue weighted by molar-refractivity contribution is -0.0122. The number of ether oxygens (including phenoxy) is 3. The lowest BCUT2D eigenvalue weighted by Crippen LogP contribution is -2.49. The molecule has 1 aliphatic rings. The van der Waals surface area contributed by atoms with Crippen molar-refractivity contribution in [3.63, 3.8) is 0 Å². The molecule has 2 aromatic carbocycles. The molecule has 0 aliphatic carbocycles. The van der Waals surface area contributed by atoms with E-state index in [4.69, 9.17) is 14.2 Å². The van der Waals surface area contributed by atoms with E-state index in [0.717, 1.165) is 19.3 Å². The second-order valence-corrected chi connectivity index (χ2v) is 12.3. The van der Waals surface area contributed by atoms with E-state index >= 15 is 0 Å². The molecule has 1 aliphatic heterocycles. The van der Waals surface area contributed by atoms with Gasteiger partial charge in [-0.25, -0.2) is 9.59 Å². The van der Waals surface area contributed by atoms with Gasteiger partial charge in [0.05, 0.1) is 37.5 Å². The first kappa shape index (κ1) is 36.4. The molecular weight excluding hydrogens is 590 g/mol. The summed E-state index contributed by atoms with van der Waals surface area (Å²) in [4.78, 5) is 43.0. The summed E-state index contributed by atoms with van der Waals surface area (Å²) in [5.74, 6) is 0.533. The number of aliphatic hydroxyl groups excluding tert-OH is 1. The van der Waals surface area contributed by atoms with Crippen molar-refractivity contribution in [1.82, 2.24) is 15.1 Å². The Morgan fingerprint density at radius 3 is 2.39 bits per heavy atom. The van der Waals surface area contributed by atoms with E-state index in [1.165, 1.54) is 0 Å². The third-order valence-corrected chi connectivity index (χ3v) is 7.87. The molecule has 0 bridgehead atoms. The van der Waals surface area contributed by atoms with Crippen molar-refractivity contribution >= 4 is 29.3 Å². The molecule has 0 fully saturated rings. The highest BCUT2D eigenvalue weighted by atomic mass is 16.5. The standard InChI is InChI=1S/C34H51N5O7/c1-22(2)35-34(43)38(6)20-31-23(3)19-39(24(4)21-40)32(41)29-18-27(13-16-30(29)46-25(5)10-8-9-17-45-31)37-33(42)36-26-11-14-28(44-7)15-12-26/h11-16,18,22-25,31,40H,8-10,17,19-21H2,1-7H3,(H,35,43)(H2,36,37,42)/t23-,24-,25+,31-/m1/s1. The second-order valence-electron chi connectivity index (χ2n) is 12.3. The van der Waals surface area contributed by atoms with Crippen LogP contribution in [0.1, 0.15) is 64.2 Å². The fourth-order valence-corrected chi connectivity index (χ4v) is 5.14. The summed E-state index contributed by atoms with van der Waals surface area (Å²) in [6.45, 7) is 10.4. The lowest BCUT2D eigenvalue weighted by atomic mass is 10.0. The van der Waals surface area contributed by atoms with Crippen LogP contribution in [0.2, 0.25) is 0 Å². The predicted octanol–water partition coefficient (Wildman–Crippen LogP) is 5.18. The van der Waals surface area contributed by atoms with Crippen LogP contribution in [-0.2, 0) is 4.74 Å². The highest BCUT2D eigenvalue weighted by Crippen LogP contribution is 2.29. The number of nitrogens with one attached hydrogen (secondary N) is 3. The van der Waals surface area contributed by atoms with Crippen molar-refractivity contribution < 1.29 is 33.7 Å². The molecule has 4 N–H and O–H groups in total. The van der Waals surface area contributed by atoms with Crippen LogP contribution >= 0.6 is 0 Å². The van der Waals surface area contributed by atoms with E-state index in [1.807, 2.05) is 27.7 Å². The number of benzene rings is 2. The summed E-state index contributed by atoms with van der Waals surface area (Å²) in [6, 6.07) is 10.7. The average molecular weight is 642 g/mol. The zero-order chi connectivity index (χ0) is 33.8. The summed E-state index contributed by atoms with van der Waals surface area (Å²) in [5.41, 5.74) is 1.24. The predicted molar refractivity (Wildman–Crippen MR) is 179 cm³/mol. The van der Waals surface area contributed by atoms with Crippen molar-refractivity contribution in [2.75, 3.05) is 51.1 Å². The van der Waals surface area contributed by atoms with Crippen molar-refractivity contribution in [2.45, 2.75) is 78.2 Å². The minimum Gasteiger partial charge on any atom is -0.497 e. The first-order valence-electron chi connectivity index (χ1n) is 16.0. The number of likely N-dealkylation sites (N-methyl/N-ethyl adjacent to an activating group) is 1. The molecule has 0 saturated carbocycles. The molecule has 4 atom stereocenters. The molecule has 0 aromatic heterocycles. The van der Waals surface area contributed by atoms with E-state index in [9.17, 15) is 19.5 Å². The van der Waals surface area contributed by atoms with Gasteiger partial charge in [-0.15, -0.1) is 0 Å². The maximum Gasteiger partial charge on any atom is 0.323 e. The number of hydrogen-bond donors (Lipinski definition) is 4. The second kappa shape index (κ2) is 17.6. The quantitative estimate of drug-likeness (QED) is 0.311. The number of aliphatic hydroxyl groups is 1. The Morgan fingerprint density at radius 2 is 1.74 bits per heavy atom. The molecule has 0 unspecified atom stereocenters. The Bertz CT molecular complexity index is 1290. The number of methoxy groups -OCH3 is 1. The van der Waals surface area contributed by atoms with Gasteiger partial charge in [-0.3, -0.25) is 4.79 Å². The zero-order valence-electron chi connectivity index (χ0n) is 28.2. The first-order chi connectivity index (χ1) is 21.9. The zero-order valence-corrected chi connectivity index (χ0v) is 28.2. The average Bonchev–Trinajstić information content (AvgIpc) is 3.02. The van der Waals surface area contributed by atoms with Crippen LogP contribution < -0.4 is 25.4 Å². The Labute approximate surface area is 272 Å². The molecule has 12 nitrogen and oxygen atoms in total. The number of anilines is 2. The topological polar surface area (TPSA) is 142 Å². The van der Waals surface area contributed by atoms with E-state index in [-0.39, 0.29) is 54.8 Å². The van der Waals surface area contributed by atoms with Gasteiger partial charge in [0.1, 0.15) is 11.5 Å². The molecule has 1 heterocycles. The van der Waals surface area contributed by atoms with Gasteiger partial charge >= 0.3 is 12.1 Å². The van der Waals surface area contributed by atoms with E-state index < -0.39 is 12.1 Å². The fourth-order valence-electron chi connectivity index (χ4n) is 5.14. The maximum absolute atomic E-state index is 14.3. The van der Waals surface area contributed by atoms with Crippen LogP contribution in [-0.4, -0.2) is 97.6 Å². The summed E-state index contributed by atoms with van der Waals surface area (Å²) >= 11 is 0. The summed E-state index contributed by atoms with van der Waals surface area (Å²) in [6.07, 6.45) is 1.88. The van der Waals surface area contributed by atoms with Crippen molar-refractivity contribution in [2.24, 2.45) is 5.92 Å². The number of carbonyl (C=O) groups is 3. The normalized spacial score (nSPS) is 20.1. The van der Waals surface area contributed by atoms with Crippen LogP contribution in [0.25, 0.3) is 0 Å². The van der Waals surface area contributed by atoms with Crippen molar-refractivity contribution in [3.05, 3.63) is 48.0 Å². The number of nitrogens with zero attached hydrogens (tertiary/aromatic N) is 2. The van der Waals surface area contributed by atoms with Gasteiger partial charge in [0.2, 0.25) is 0 Å². The number of hydrogen-bond acceptors (Lipinski definition) is 7.